The largest absolute Gasteiger partial charge is 0.302 e. The van der Waals surface area contributed by atoms with Crippen LogP contribution in [-0.2, 0) is 10.2 Å². The zero-order chi connectivity index (χ0) is 10.6. The van der Waals surface area contributed by atoms with Gasteiger partial charge in [-0.15, -0.1) is 0 Å². The fourth-order valence-electron chi connectivity index (χ4n) is 1.69. The van der Waals surface area contributed by atoms with Gasteiger partial charge in [-0.25, -0.2) is 0 Å². The number of carbonyl (C=O) groups excluding carboxylic acids is 1. The van der Waals surface area contributed by atoms with E-state index in [1.807, 2.05) is 37.3 Å². The van der Waals surface area contributed by atoms with Crippen molar-refractivity contribution in [1.82, 2.24) is 0 Å². The van der Waals surface area contributed by atoms with Crippen molar-refractivity contribution in [3.8, 4) is 0 Å². The van der Waals surface area contributed by atoms with Gasteiger partial charge >= 0.3 is 0 Å². The van der Waals surface area contributed by atoms with E-state index in [0.29, 0.717) is 5.92 Å². The monoisotopic (exact) mass is 190 g/mol. The van der Waals surface area contributed by atoms with E-state index in [0.717, 1.165) is 18.3 Å². The van der Waals surface area contributed by atoms with Gasteiger partial charge in [0, 0.05) is 0 Å². The molecular weight excluding hydrogens is 172 g/mol. The van der Waals surface area contributed by atoms with Crippen molar-refractivity contribution >= 4 is 6.29 Å². The predicted octanol–water partition coefficient (Wildman–Crippen LogP) is 3.19. The van der Waals surface area contributed by atoms with Crippen LogP contribution < -0.4 is 0 Å². The van der Waals surface area contributed by atoms with Gasteiger partial charge in [-0.1, -0.05) is 50.6 Å². The Labute approximate surface area is 86.1 Å². The molecule has 0 aliphatic rings. The van der Waals surface area contributed by atoms with E-state index in [-0.39, 0.29) is 5.41 Å². The second kappa shape index (κ2) is 4.41. The third-order valence-corrected chi connectivity index (χ3v) is 3.28. The minimum Gasteiger partial charge on any atom is -0.302 e. The molecule has 1 rings (SSSR count). The summed E-state index contributed by atoms with van der Waals surface area (Å²) in [7, 11) is 0. The third-order valence-electron chi connectivity index (χ3n) is 3.28. The number of aldehydes is 1. The van der Waals surface area contributed by atoms with Crippen LogP contribution >= 0.6 is 0 Å². The Kier molecular flexibility index (Phi) is 3.45. The van der Waals surface area contributed by atoms with Crippen molar-refractivity contribution in [1.29, 1.82) is 0 Å². The zero-order valence-corrected chi connectivity index (χ0v) is 9.16. The lowest BCUT2D eigenvalue weighted by Gasteiger charge is -2.30. The van der Waals surface area contributed by atoms with Crippen LogP contribution in [0.1, 0.15) is 32.8 Å². The van der Waals surface area contributed by atoms with Crippen LogP contribution in [0.5, 0.6) is 0 Å². The van der Waals surface area contributed by atoms with Crippen molar-refractivity contribution in [2.24, 2.45) is 5.92 Å². The summed E-state index contributed by atoms with van der Waals surface area (Å²) in [5.41, 5.74) is 0.778. The van der Waals surface area contributed by atoms with Crippen LogP contribution in [0.2, 0.25) is 0 Å². The molecule has 1 nitrogen and oxygen atoms in total. The van der Waals surface area contributed by atoms with Crippen molar-refractivity contribution in [3.63, 3.8) is 0 Å². The van der Waals surface area contributed by atoms with Crippen LogP contribution in [-0.4, -0.2) is 6.29 Å². The van der Waals surface area contributed by atoms with Gasteiger partial charge in [0.15, 0.2) is 0 Å². The van der Waals surface area contributed by atoms with Crippen LogP contribution in [0.15, 0.2) is 30.3 Å². The Hall–Kier alpha value is -1.11. The maximum absolute atomic E-state index is 11.2. The summed E-state index contributed by atoms with van der Waals surface area (Å²) in [4.78, 5) is 11.2. The molecule has 14 heavy (non-hydrogen) atoms. The lowest BCUT2D eigenvalue weighted by Crippen LogP contribution is -2.31. The van der Waals surface area contributed by atoms with Crippen molar-refractivity contribution < 1.29 is 4.79 Å². The van der Waals surface area contributed by atoms with Crippen LogP contribution in [0.25, 0.3) is 0 Å². The number of hydrogen-bond acceptors (Lipinski definition) is 1. The van der Waals surface area contributed by atoms with Crippen molar-refractivity contribution in [2.45, 2.75) is 32.6 Å². The Bertz CT molecular complexity index is 291. The standard InChI is InChI=1S/C13H18O/c1-4-11(2)13(3,10-14)12-8-6-5-7-9-12/h5-11H,4H2,1-3H3. The lowest BCUT2D eigenvalue weighted by molar-refractivity contribution is -0.113. The fraction of sp³-hybridized carbons (Fsp3) is 0.462. The van der Waals surface area contributed by atoms with Gasteiger partial charge in [0.2, 0.25) is 0 Å². The quantitative estimate of drug-likeness (QED) is 0.666. The second-order valence-electron chi connectivity index (χ2n) is 4.08. The third kappa shape index (κ3) is 1.87. The maximum atomic E-state index is 11.2. The molecule has 0 bridgehead atoms. The Morgan fingerprint density at radius 1 is 1.36 bits per heavy atom. The highest BCUT2D eigenvalue weighted by Gasteiger charge is 2.31. The molecule has 0 aromatic heterocycles. The number of benzene rings is 1. The smallest absolute Gasteiger partial charge is 0.130 e. The SMILES string of the molecule is CCC(C)C(C)(C=O)c1ccccc1. The zero-order valence-electron chi connectivity index (χ0n) is 9.16. The van der Waals surface area contributed by atoms with Gasteiger partial charge in [0.25, 0.3) is 0 Å². The van der Waals surface area contributed by atoms with Gasteiger partial charge < -0.3 is 4.79 Å². The molecule has 0 radical (unpaired) electrons. The predicted molar refractivity (Wildman–Crippen MR) is 59.3 cm³/mol. The number of hydrogen-bond donors (Lipinski definition) is 0. The van der Waals surface area contributed by atoms with E-state index in [4.69, 9.17) is 0 Å². The number of carbonyl (C=O) groups is 1. The van der Waals surface area contributed by atoms with Gasteiger partial charge in [-0.2, -0.15) is 0 Å². The Balaban J connectivity index is 3.08. The number of rotatable bonds is 4. The summed E-state index contributed by atoms with van der Waals surface area (Å²) in [5.74, 6) is 0.377. The van der Waals surface area contributed by atoms with Crippen molar-refractivity contribution in [2.75, 3.05) is 0 Å². The van der Waals surface area contributed by atoms with E-state index in [2.05, 4.69) is 13.8 Å². The molecule has 0 N–H and O–H groups in total. The summed E-state index contributed by atoms with van der Waals surface area (Å²) in [5, 5.41) is 0. The molecule has 0 aliphatic heterocycles. The Morgan fingerprint density at radius 2 is 1.93 bits per heavy atom. The molecule has 0 fully saturated rings. The summed E-state index contributed by atoms with van der Waals surface area (Å²) in [6.07, 6.45) is 2.10. The van der Waals surface area contributed by atoms with Crippen molar-refractivity contribution in [3.05, 3.63) is 35.9 Å². The first-order chi connectivity index (χ1) is 6.65. The lowest BCUT2D eigenvalue weighted by atomic mass is 9.73. The highest BCUT2D eigenvalue weighted by Crippen LogP contribution is 2.31. The van der Waals surface area contributed by atoms with Gasteiger partial charge in [0.1, 0.15) is 6.29 Å². The van der Waals surface area contributed by atoms with E-state index >= 15 is 0 Å². The van der Waals surface area contributed by atoms with E-state index in [1.165, 1.54) is 0 Å². The molecule has 0 saturated carbocycles. The molecule has 0 spiro atoms. The minimum atomic E-state index is -0.337. The summed E-state index contributed by atoms with van der Waals surface area (Å²) in [6, 6.07) is 10.0. The highest BCUT2D eigenvalue weighted by molar-refractivity contribution is 5.68. The molecule has 0 heterocycles. The molecule has 1 heteroatoms. The highest BCUT2D eigenvalue weighted by atomic mass is 16.1. The van der Waals surface area contributed by atoms with Gasteiger partial charge in [0.05, 0.1) is 5.41 Å². The summed E-state index contributed by atoms with van der Waals surface area (Å²) in [6.45, 7) is 6.26. The van der Waals surface area contributed by atoms with Gasteiger partial charge in [-0.3, -0.25) is 0 Å². The normalized spacial score (nSPS) is 17.1. The first-order valence-electron chi connectivity index (χ1n) is 5.17. The minimum absolute atomic E-state index is 0.337. The van der Waals surface area contributed by atoms with E-state index in [9.17, 15) is 4.79 Å². The molecule has 2 unspecified atom stereocenters. The molecule has 1 aromatic rings. The molecule has 0 aliphatic carbocycles. The van der Waals surface area contributed by atoms with E-state index in [1.54, 1.807) is 0 Å². The topological polar surface area (TPSA) is 17.1 Å². The molecular formula is C13H18O. The molecule has 0 saturated heterocycles. The van der Waals surface area contributed by atoms with E-state index < -0.39 is 0 Å². The summed E-state index contributed by atoms with van der Waals surface area (Å²) >= 11 is 0. The molecule has 1 aromatic carbocycles. The summed E-state index contributed by atoms with van der Waals surface area (Å²) < 4.78 is 0. The fourth-order valence-corrected chi connectivity index (χ4v) is 1.69. The van der Waals surface area contributed by atoms with Crippen LogP contribution in [0, 0.1) is 5.92 Å². The molecule has 0 amide bonds. The average Bonchev–Trinajstić information content (AvgIpc) is 2.28. The first kappa shape index (κ1) is 11.0. The van der Waals surface area contributed by atoms with Crippen LogP contribution in [0.4, 0.5) is 0 Å². The molecule has 76 valence electrons. The maximum Gasteiger partial charge on any atom is 0.130 e. The van der Waals surface area contributed by atoms with Gasteiger partial charge in [-0.05, 0) is 18.4 Å². The first-order valence-corrected chi connectivity index (χ1v) is 5.17. The second-order valence-corrected chi connectivity index (χ2v) is 4.08. The average molecular weight is 190 g/mol. The molecule has 2 atom stereocenters. The van der Waals surface area contributed by atoms with Crippen LogP contribution in [0.3, 0.4) is 0 Å². The Morgan fingerprint density at radius 3 is 2.36 bits per heavy atom.